The second-order valence-electron chi connectivity index (χ2n) is 4.92. The van der Waals surface area contributed by atoms with E-state index in [1.165, 1.54) is 23.4 Å². The summed E-state index contributed by atoms with van der Waals surface area (Å²) in [5.74, 6) is -0.230. The van der Waals surface area contributed by atoms with E-state index < -0.39 is 0 Å². The van der Waals surface area contributed by atoms with Crippen molar-refractivity contribution in [3.05, 3.63) is 65.5 Å². The average molecular weight is 258 g/mol. The molecule has 0 heterocycles. The van der Waals surface area contributed by atoms with Gasteiger partial charge in [0.05, 0.1) is 0 Å². The Kier molecular flexibility index (Phi) is 4.17. The SMILES string of the molecule is CN(C)c1ccc(CC(N)c2ccc(F)cc2)cc1. The molecule has 0 aromatic heterocycles. The summed E-state index contributed by atoms with van der Waals surface area (Å²) in [4.78, 5) is 2.06. The van der Waals surface area contributed by atoms with E-state index in [2.05, 4.69) is 29.2 Å². The van der Waals surface area contributed by atoms with Crippen molar-refractivity contribution in [3.8, 4) is 0 Å². The molecule has 2 nitrogen and oxygen atoms in total. The first-order valence-electron chi connectivity index (χ1n) is 6.33. The van der Waals surface area contributed by atoms with Gasteiger partial charge in [-0.05, 0) is 41.8 Å². The summed E-state index contributed by atoms with van der Waals surface area (Å²) in [7, 11) is 4.03. The van der Waals surface area contributed by atoms with Crippen LogP contribution in [0.4, 0.5) is 10.1 Å². The molecule has 19 heavy (non-hydrogen) atoms. The first-order valence-corrected chi connectivity index (χ1v) is 6.33. The van der Waals surface area contributed by atoms with E-state index in [1.54, 1.807) is 12.1 Å². The van der Waals surface area contributed by atoms with Crippen LogP contribution in [0, 0.1) is 5.82 Å². The topological polar surface area (TPSA) is 29.3 Å². The lowest BCUT2D eigenvalue weighted by Crippen LogP contribution is -2.13. The minimum absolute atomic E-state index is 0.106. The smallest absolute Gasteiger partial charge is 0.123 e. The Morgan fingerprint density at radius 1 is 1.00 bits per heavy atom. The summed E-state index contributed by atoms with van der Waals surface area (Å²) in [5.41, 5.74) is 9.45. The van der Waals surface area contributed by atoms with Gasteiger partial charge in [0.15, 0.2) is 0 Å². The molecule has 0 fully saturated rings. The summed E-state index contributed by atoms with van der Waals surface area (Å²) in [5, 5.41) is 0. The maximum atomic E-state index is 12.9. The number of hydrogen-bond donors (Lipinski definition) is 1. The number of benzene rings is 2. The van der Waals surface area contributed by atoms with Crippen LogP contribution in [0.25, 0.3) is 0 Å². The molecule has 2 aromatic rings. The molecule has 3 heteroatoms. The minimum Gasteiger partial charge on any atom is -0.378 e. The number of anilines is 1. The lowest BCUT2D eigenvalue weighted by Gasteiger charge is -2.15. The van der Waals surface area contributed by atoms with Crippen molar-refractivity contribution in [1.82, 2.24) is 0 Å². The molecule has 1 atom stereocenters. The molecule has 0 spiro atoms. The fourth-order valence-electron chi connectivity index (χ4n) is 2.01. The van der Waals surface area contributed by atoms with Gasteiger partial charge in [-0.25, -0.2) is 4.39 Å². The highest BCUT2D eigenvalue weighted by Crippen LogP contribution is 2.19. The van der Waals surface area contributed by atoms with Crippen LogP contribution < -0.4 is 10.6 Å². The van der Waals surface area contributed by atoms with Crippen molar-refractivity contribution < 1.29 is 4.39 Å². The Hall–Kier alpha value is -1.87. The van der Waals surface area contributed by atoms with Crippen molar-refractivity contribution in [2.45, 2.75) is 12.5 Å². The van der Waals surface area contributed by atoms with Gasteiger partial charge in [-0.15, -0.1) is 0 Å². The molecule has 100 valence electrons. The molecule has 0 aliphatic heterocycles. The molecule has 2 N–H and O–H groups in total. The van der Waals surface area contributed by atoms with Gasteiger partial charge >= 0.3 is 0 Å². The van der Waals surface area contributed by atoms with E-state index in [1.807, 2.05) is 14.1 Å². The van der Waals surface area contributed by atoms with Crippen LogP contribution in [-0.4, -0.2) is 14.1 Å². The van der Waals surface area contributed by atoms with Crippen LogP contribution in [0.2, 0.25) is 0 Å². The normalized spacial score (nSPS) is 12.2. The van der Waals surface area contributed by atoms with E-state index in [0.717, 1.165) is 12.0 Å². The van der Waals surface area contributed by atoms with E-state index >= 15 is 0 Å². The molecule has 1 unspecified atom stereocenters. The zero-order valence-electron chi connectivity index (χ0n) is 11.3. The summed E-state index contributed by atoms with van der Waals surface area (Å²) in [6, 6.07) is 14.6. The molecule has 0 bridgehead atoms. The highest BCUT2D eigenvalue weighted by atomic mass is 19.1. The third-order valence-corrected chi connectivity index (χ3v) is 3.21. The van der Waals surface area contributed by atoms with Gasteiger partial charge in [-0.2, -0.15) is 0 Å². The van der Waals surface area contributed by atoms with Gasteiger partial charge in [0.2, 0.25) is 0 Å². The Morgan fingerprint density at radius 3 is 2.11 bits per heavy atom. The summed E-state index contributed by atoms with van der Waals surface area (Å²) >= 11 is 0. The zero-order valence-corrected chi connectivity index (χ0v) is 11.3. The van der Waals surface area contributed by atoms with Gasteiger partial charge in [-0.1, -0.05) is 24.3 Å². The number of hydrogen-bond acceptors (Lipinski definition) is 2. The monoisotopic (exact) mass is 258 g/mol. The van der Waals surface area contributed by atoms with Crippen LogP contribution in [-0.2, 0) is 6.42 Å². The molecule has 0 aliphatic rings. The molecule has 2 rings (SSSR count). The largest absolute Gasteiger partial charge is 0.378 e. The molecule has 0 saturated carbocycles. The second kappa shape index (κ2) is 5.85. The van der Waals surface area contributed by atoms with Crippen LogP contribution >= 0.6 is 0 Å². The molecular weight excluding hydrogens is 239 g/mol. The van der Waals surface area contributed by atoms with Crippen molar-refractivity contribution >= 4 is 5.69 Å². The van der Waals surface area contributed by atoms with E-state index in [0.29, 0.717) is 0 Å². The summed E-state index contributed by atoms with van der Waals surface area (Å²) in [6.45, 7) is 0. The highest BCUT2D eigenvalue weighted by Gasteiger charge is 2.07. The van der Waals surface area contributed by atoms with E-state index in [-0.39, 0.29) is 11.9 Å². The first-order chi connectivity index (χ1) is 9.06. The number of nitrogens with zero attached hydrogens (tertiary/aromatic N) is 1. The highest BCUT2D eigenvalue weighted by molar-refractivity contribution is 5.46. The maximum Gasteiger partial charge on any atom is 0.123 e. The van der Waals surface area contributed by atoms with E-state index in [9.17, 15) is 4.39 Å². The minimum atomic E-state index is -0.230. The van der Waals surface area contributed by atoms with Gasteiger partial charge in [0.25, 0.3) is 0 Å². The second-order valence-corrected chi connectivity index (χ2v) is 4.92. The Labute approximate surface area is 113 Å². The lowest BCUT2D eigenvalue weighted by molar-refractivity contribution is 0.624. The van der Waals surface area contributed by atoms with E-state index in [4.69, 9.17) is 5.73 Å². The van der Waals surface area contributed by atoms with Crippen LogP contribution in [0.1, 0.15) is 17.2 Å². The number of nitrogens with two attached hydrogens (primary N) is 1. The fourth-order valence-corrected chi connectivity index (χ4v) is 2.01. The van der Waals surface area contributed by atoms with Gasteiger partial charge in [-0.3, -0.25) is 0 Å². The Morgan fingerprint density at radius 2 is 1.58 bits per heavy atom. The van der Waals surface area contributed by atoms with Crippen molar-refractivity contribution in [3.63, 3.8) is 0 Å². The third kappa shape index (κ3) is 3.55. The quantitative estimate of drug-likeness (QED) is 0.913. The predicted molar refractivity (Wildman–Crippen MR) is 77.8 cm³/mol. The number of halogens is 1. The lowest BCUT2D eigenvalue weighted by atomic mass is 9.99. The average Bonchev–Trinajstić information content (AvgIpc) is 2.40. The summed E-state index contributed by atoms with van der Waals surface area (Å²) in [6.07, 6.45) is 0.749. The summed E-state index contributed by atoms with van der Waals surface area (Å²) < 4.78 is 12.9. The van der Waals surface area contributed by atoms with Gasteiger partial charge in [0.1, 0.15) is 5.82 Å². The molecular formula is C16H19FN2. The third-order valence-electron chi connectivity index (χ3n) is 3.21. The predicted octanol–water partition coefficient (Wildman–Crippen LogP) is 3.13. The fraction of sp³-hybridized carbons (Fsp3) is 0.250. The van der Waals surface area contributed by atoms with Crippen molar-refractivity contribution in [2.24, 2.45) is 5.73 Å². The molecule has 2 aromatic carbocycles. The zero-order chi connectivity index (χ0) is 13.8. The van der Waals surface area contributed by atoms with Crippen molar-refractivity contribution in [2.75, 3.05) is 19.0 Å². The van der Waals surface area contributed by atoms with Gasteiger partial charge < -0.3 is 10.6 Å². The number of rotatable bonds is 4. The van der Waals surface area contributed by atoms with Crippen LogP contribution in [0.15, 0.2) is 48.5 Å². The van der Waals surface area contributed by atoms with Crippen molar-refractivity contribution in [1.29, 1.82) is 0 Å². The van der Waals surface area contributed by atoms with Crippen LogP contribution in [0.5, 0.6) is 0 Å². The maximum absolute atomic E-state index is 12.9. The molecule has 0 saturated heterocycles. The Bertz CT molecular complexity index is 517. The molecule has 0 amide bonds. The standard InChI is InChI=1S/C16H19FN2/c1-19(2)15-9-3-12(4-10-15)11-16(18)13-5-7-14(17)8-6-13/h3-10,16H,11,18H2,1-2H3. The Balaban J connectivity index is 2.06. The first kappa shape index (κ1) is 13.6. The molecule has 0 aliphatic carbocycles. The van der Waals surface area contributed by atoms with Crippen LogP contribution in [0.3, 0.4) is 0 Å². The van der Waals surface area contributed by atoms with Gasteiger partial charge in [0, 0.05) is 25.8 Å². The molecule has 0 radical (unpaired) electrons.